The van der Waals surface area contributed by atoms with E-state index in [1.807, 2.05) is 0 Å². The second-order valence-corrected chi connectivity index (χ2v) is 8.02. The van der Waals surface area contributed by atoms with Gasteiger partial charge in [0.2, 0.25) is 0 Å². The van der Waals surface area contributed by atoms with E-state index in [0.717, 1.165) is 11.8 Å². The molecule has 3 nitrogen and oxygen atoms in total. The van der Waals surface area contributed by atoms with E-state index in [-0.39, 0.29) is 11.5 Å². The van der Waals surface area contributed by atoms with Crippen LogP contribution < -0.4 is 4.74 Å². The molecular weight excluding hydrogens is 391 g/mol. The molecule has 0 spiro atoms. The van der Waals surface area contributed by atoms with E-state index in [4.69, 9.17) is 37.4 Å². The molecule has 2 unspecified atom stereocenters. The van der Waals surface area contributed by atoms with Crippen LogP contribution >= 0.6 is 39.1 Å². The lowest BCUT2D eigenvalue weighted by molar-refractivity contribution is -0.233. The third kappa shape index (κ3) is 4.09. The zero-order chi connectivity index (χ0) is 16.4. The van der Waals surface area contributed by atoms with Gasteiger partial charge in [-0.05, 0) is 18.2 Å². The average Bonchev–Trinajstić information content (AvgIpc) is 2.82. The molecule has 0 bridgehead atoms. The summed E-state index contributed by atoms with van der Waals surface area (Å²) in [4.78, 5) is 0. The number of hydrogen-bond donors (Lipinski definition) is 0. The predicted octanol–water partition coefficient (Wildman–Crippen LogP) is 5.32. The summed E-state index contributed by atoms with van der Waals surface area (Å²) >= 11 is 15.5. The molecule has 0 amide bonds. The van der Waals surface area contributed by atoms with Crippen LogP contribution in [0.3, 0.4) is 0 Å². The summed E-state index contributed by atoms with van der Waals surface area (Å²) in [5.41, 5.74) is -0.118. The van der Waals surface area contributed by atoms with E-state index in [1.54, 1.807) is 18.2 Å². The molecule has 1 fully saturated rings. The topological polar surface area (TPSA) is 27.7 Å². The normalized spacial score (nSPS) is 25.5. The second-order valence-electron chi connectivity index (χ2n) is 6.38. The molecule has 1 aliphatic rings. The van der Waals surface area contributed by atoms with E-state index in [1.165, 1.54) is 0 Å². The van der Waals surface area contributed by atoms with Gasteiger partial charge in [-0.2, -0.15) is 0 Å². The van der Waals surface area contributed by atoms with Crippen molar-refractivity contribution in [1.82, 2.24) is 0 Å². The molecule has 0 radical (unpaired) electrons. The van der Waals surface area contributed by atoms with Gasteiger partial charge >= 0.3 is 0 Å². The minimum atomic E-state index is -0.589. The van der Waals surface area contributed by atoms with E-state index >= 15 is 0 Å². The van der Waals surface area contributed by atoms with Crippen LogP contribution in [-0.2, 0) is 9.47 Å². The molecule has 22 heavy (non-hydrogen) atoms. The first-order chi connectivity index (χ1) is 10.3. The summed E-state index contributed by atoms with van der Waals surface area (Å²) in [6.07, 6.45) is 0.666. The molecular formula is C16H21BrCl2O3. The van der Waals surface area contributed by atoms with Crippen molar-refractivity contribution < 1.29 is 14.2 Å². The summed E-state index contributed by atoms with van der Waals surface area (Å²) in [5.74, 6) is 0.0114. The third-order valence-electron chi connectivity index (χ3n) is 3.74. The maximum atomic E-state index is 6.19. The molecule has 0 aliphatic carbocycles. The van der Waals surface area contributed by atoms with Gasteiger partial charge in [-0.3, -0.25) is 0 Å². The molecule has 6 heteroatoms. The molecule has 1 aromatic carbocycles. The third-order valence-corrected chi connectivity index (χ3v) is 4.67. The highest BCUT2D eigenvalue weighted by Crippen LogP contribution is 2.43. The molecule has 1 aromatic rings. The maximum Gasteiger partial charge on any atom is 0.174 e. The van der Waals surface area contributed by atoms with Gasteiger partial charge < -0.3 is 14.2 Å². The fourth-order valence-electron chi connectivity index (χ4n) is 2.45. The Kier molecular flexibility index (Phi) is 6.06. The molecule has 0 N–H and O–H groups in total. The van der Waals surface area contributed by atoms with Crippen molar-refractivity contribution in [2.24, 2.45) is 5.41 Å². The SMILES string of the molecule is CC(C)(C)C1(CCBr)OCC(COc2ccc(Cl)cc2Cl)O1. The standard InChI is InChI=1S/C16H21BrCl2O3/c1-15(2,3)16(6-7-17)21-10-12(22-16)9-20-14-5-4-11(18)8-13(14)19/h4-5,8,12H,6-7,9-10H2,1-3H3. The lowest BCUT2D eigenvalue weighted by atomic mass is 9.83. The average molecular weight is 412 g/mol. The van der Waals surface area contributed by atoms with Gasteiger partial charge in [-0.15, -0.1) is 0 Å². The van der Waals surface area contributed by atoms with Crippen LogP contribution in [0.25, 0.3) is 0 Å². The highest BCUT2D eigenvalue weighted by molar-refractivity contribution is 9.09. The zero-order valence-corrected chi connectivity index (χ0v) is 16.1. The summed E-state index contributed by atoms with van der Waals surface area (Å²) in [6.45, 7) is 7.26. The summed E-state index contributed by atoms with van der Waals surface area (Å²) in [7, 11) is 0. The van der Waals surface area contributed by atoms with Crippen molar-refractivity contribution in [2.45, 2.75) is 39.1 Å². The van der Waals surface area contributed by atoms with Crippen molar-refractivity contribution in [3.05, 3.63) is 28.2 Å². The first kappa shape index (κ1) is 18.3. The number of alkyl halides is 1. The lowest BCUT2D eigenvalue weighted by Crippen LogP contribution is -2.45. The van der Waals surface area contributed by atoms with Gasteiger partial charge in [0.05, 0.1) is 11.6 Å². The molecule has 1 heterocycles. The second kappa shape index (κ2) is 7.27. The van der Waals surface area contributed by atoms with E-state index in [0.29, 0.717) is 29.0 Å². The predicted molar refractivity (Wildman–Crippen MR) is 93.4 cm³/mol. The van der Waals surface area contributed by atoms with Gasteiger partial charge in [-0.1, -0.05) is 59.9 Å². The van der Waals surface area contributed by atoms with Gasteiger partial charge in [-0.25, -0.2) is 0 Å². The largest absolute Gasteiger partial charge is 0.489 e. The van der Waals surface area contributed by atoms with Crippen molar-refractivity contribution in [2.75, 3.05) is 18.5 Å². The Bertz CT molecular complexity index is 519. The Morgan fingerprint density at radius 1 is 1.36 bits per heavy atom. The number of benzene rings is 1. The number of rotatable bonds is 5. The number of hydrogen-bond acceptors (Lipinski definition) is 3. The van der Waals surface area contributed by atoms with Gasteiger partial charge in [0.15, 0.2) is 5.79 Å². The fraction of sp³-hybridized carbons (Fsp3) is 0.625. The van der Waals surface area contributed by atoms with Crippen molar-refractivity contribution >= 4 is 39.1 Å². The first-order valence-electron chi connectivity index (χ1n) is 7.23. The van der Waals surface area contributed by atoms with Gasteiger partial charge in [0.1, 0.15) is 18.5 Å². The van der Waals surface area contributed by atoms with Crippen LogP contribution in [0.5, 0.6) is 5.75 Å². The van der Waals surface area contributed by atoms with Crippen LogP contribution in [0.2, 0.25) is 10.0 Å². The zero-order valence-electron chi connectivity index (χ0n) is 13.0. The molecule has 2 rings (SSSR count). The van der Waals surface area contributed by atoms with Gasteiger partial charge in [0, 0.05) is 22.2 Å². The Hall–Kier alpha value is -0.0000000000000000763. The van der Waals surface area contributed by atoms with Crippen molar-refractivity contribution in [3.63, 3.8) is 0 Å². The quantitative estimate of drug-likeness (QED) is 0.614. The number of ether oxygens (including phenoxy) is 3. The van der Waals surface area contributed by atoms with Crippen molar-refractivity contribution in [3.8, 4) is 5.75 Å². The summed E-state index contributed by atoms with van der Waals surface area (Å²) in [6, 6.07) is 5.17. The minimum Gasteiger partial charge on any atom is -0.489 e. The molecule has 124 valence electrons. The van der Waals surface area contributed by atoms with E-state index in [2.05, 4.69) is 36.7 Å². The number of halogens is 3. The van der Waals surface area contributed by atoms with Gasteiger partial charge in [0.25, 0.3) is 0 Å². The Balaban J connectivity index is 1.98. The van der Waals surface area contributed by atoms with Crippen LogP contribution in [0.1, 0.15) is 27.2 Å². The van der Waals surface area contributed by atoms with Crippen LogP contribution in [0.4, 0.5) is 0 Å². The minimum absolute atomic E-state index is 0.118. The highest BCUT2D eigenvalue weighted by Gasteiger charge is 2.50. The summed E-state index contributed by atoms with van der Waals surface area (Å²) in [5, 5.41) is 1.90. The molecule has 1 aliphatic heterocycles. The maximum absolute atomic E-state index is 6.19. The Morgan fingerprint density at radius 2 is 2.09 bits per heavy atom. The monoisotopic (exact) mass is 410 g/mol. The fourth-order valence-corrected chi connectivity index (χ4v) is 3.43. The Labute approximate surface area is 150 Å². The van der Waals surface area contributed by atoms with E-state index in [9.17, 15) is 0 Å². The van der Waals surface area contributed by atoms with Crippen molar-refractivity contribution in [1.29, 1.82) is 0 Å². The Morgan fingerprint density at radius 3 is 2.68 bits per heavy atom. The smallest absolute Gasteiger partial charge is 0.174 e. The van der Waals surface area contributed by atoms with Crippen LogP contribution in [0.15, 0.2) is 18.2 Å². The summed E-state index contributed by atoms with van der Waals surface area (Å²) < 4.78 is 18.0. The molecule has 0 aromatic heterocycles. The molecule has 1 saturated heterocycles. The highest BCUT2D eigenvalue weighted by atomic mass is 79.9. The van der Waals surface area contributed by atoms with E-state index < -0.39 is 5.79 Å². The van der Waals surface area contributed by atoms with Crippen LogP contribution in [0, 0.1) is 5.41 Å². The van der Waals surface area contributed by atoms with Crippen LogP contribution in [-0.4, -0.2) is 30.4 Å². The first-order valence-corrected chi connectivity index (χ1v) is 9.11. The molecule has 0 saturated carbocycles. The lowest BCUT2D eigenvalue weighted by Gasteiger charge is -2.39. The molecule has 2 atom stereocenters.